The number of carbonyl (C=O) groups excluding carboxylic acids is 1. The van der Waals surface area contributed by atoms with E-state index < -0.39 is 11.9 Å². The van der Waals surface area contributed by atoms with Crippen molar-refractivity contribution in [1.82, 2.24) is 15.1 Å². The first-order valence-corrected chi connectivity index (χ1v) is 6.83. The zero-order valence-corrected chi connectivity index (χ0v) is 12.3. The Morgan fingerprint density at radius 1 is 1.45 bits per heavy atom. The van der Waals surface area contributed by atoms with Crippen molar-refractivity contribution in [3.05, 3.63) is 17.0 Å². The third-order valence-corrected chi connectivity index (χ3v) is 4.00. The van der Waals surface area contributed by atoms with Gasteiger partial charge in [-0.05, 0) is 39.2 Å². The summed E-state index contributed by atoms with van der Waals surface area (Å²) in [5.74, 6) is -1.88. The van der Waals surface area contributed by atoms with Gasteiger partial charge >= 0.3 is 5.97 Å². The number of rotatable bonds is 5. The van der Waals surface area contributed by atoms with Crippen molar-refractivity contribution < 1.29 is 14.7 Å². The molecule has 6 nitrogen and oxygen atoms in total. The SMILES string of the molecule is Cc1nn(C)c(C)c1CC(C)NC(=O)C1CC1C(=O)O. The maximum absolute atomic E-state index is 11.9. The first kappa shape index (κ1) is 14.6. The van der Waals surface area contributed by atoms with E-state index in [0.29, 0.717) is 12.8 Å². The van der Waals surface area contributed by atoms with Crippen LogP contribution in [0, 0.1) is 25.7 Å². The molecule has 0 bridgehead atoms. The Morgan fingerprint density at radius 2 is 2.10 bits per heavy atom. The number of amides is 1. The summed E-state index contributed by atoms with van der Waals surface area (Å²) in [5.41, 5.74) is 3.21. The molecule has 1 heterocycles. The van der Waals surface area contributed by atoms with Gasteiger partial charge in [0.05, 0.1) is 17.5 Å². The average Bonchev–Trinajstić information content (AvgIpc) is 3.10. The summed E-state index contributed by atoms with van der Waals surface area (Å²) in [7, 11) is 1.90. The largest absolute Gasteiger partial charge is 0.481 e. The van der Waals surface area contributed by atoms with Crippen LogP contribution in [-0.2, 0) is 23.1 Å². The van der Waals surface area contributed by atoms with Crippen LogP contribution in [0.2, 0.25) is 0 Å². The lowest BCUT2D eigenvalue weighted by atomic mass is 10.1. The first-order chi connectivity index (χ1) is 9.31. The molecule has 1 amide bonds. The van der Waals surface area contributed by atoms with Crippen LogP contribution in [0.3, 0.4) is 0 Å². The predicted molar refractivity (Wildman–Crippen MR) is 73.2 cm³/mol. The van der Waals surface area contributed by atoms with Gasteiger partial charge in [-0.15, -0.1) is 0 Å². The Kier molecular flexibility index (Phi) is 3.83. The number of carboxylic acid groups (broad SMARTS) is 1. The Balaban J connectivity index is 1.91. The third kappa shape index (κ3) is 2.84. The maximum atomic E-state index is 11.9. The molecule has 0 radical (unpaired) electrons. The van der Waals surface area contributed by atoms with E-state index in [-0.39, 0.29) is 17.9 Å². The van der Waals surface area contributed by atoms with E-state index in [1.807, 2.05) is 32.5 Å². The lowest BCUT2D eigenvalue weighted by Gasteiger charge is -2.14. The Labute approximate surface area is 118 Å². The van der Waals surface area contributed by atoms with Crippen molar-refractivity contribution in [3.8, 4) is 0 Å². The fourth-order valence-corrected chi connectivity index (χ4v) is 2.58. The van der Waals surface area contributed by atoms with Crippen LogP contribution >= 0.6 is 0 Å². The molecule has 1 aliphatic rings. The van der Waals surface area contributed by atoms with Crippen LogP contribution in [0.25, 0.3) is 0 Å². The van der Waals surface area contributed by atoms with Crippen LogP contribution in [0.1, 0.15) is 30.3 Å². The Bertz CT molecular complexity index is 550. The summed E-state index contributed by atoms with van der Waals surface area (Å²) in [4.78, 5) is 22.7. The fourth-order valence-electron chi connectivity index (χ4n) is 2.58. The number of carboxylic acids is 1. The molecule has 1 aromatic heterocycles. The number of aliphatic carboxylic acids is 1. The number of aryl methyl sites for hydroxylation is 2. The monoisotopic (exact) mass is 279 g/mol. The highest BCUT2D eigenvalue weighted by Crippen LogP contribution is 2.38. The summed E-state index contributed by atoms with van der Waals surface area (Å²) < 4.78 is 1.83. The number of hydrogen-bond donors (Lipinski definition) is 2. The molecule has 1 fully saturated rings. The third-order valence-electron chi connectivity index (χ3n) is 4.00. The molecular formula is C14H21N3O3. The van der Waals surface area contributed by atoms with Crippen molar-refractivity contribution in [1.29, 1.82) is 0 Å². The van der Waals surface area contributed by atoms with E-state index in [4.69, 9.17) is 5.11 Å². The number of nitrogens with zero attached hydrogens (tertiary/aromatic N) is 2. The van der Waals surface area contributed by atoms with Gasteiger partial charge < -0.3 is 10.4 Å². The van der Waals surface area contributed by atoms with Crippen LogP contribution in [0.5, 0.6) is 0 Å². The standard InChI is InChI=1S/C14H21N3O3/c1-7(5-10-8(2)16-17(4)9(10)3)15-13(18)11-6-12(11)14(19)20/h7,11-12H,5-6H2,1-4H3,(H,15,18)(H,19,20). The van der Waals surface area contributed by atoms with Gasteiger partial charge in [-0.3, -0.25) is 14.3 Å². The highest BCUT2D eigenvalue weighted by Gasteiger charge is 2.48. The molecule has 110 valence electrons. The molecule has 0 aromatic carbocycles. The molecule has 6 heteroatoms. The topological polar surface area (TPSA) is 84.2 Å². The quantitative estimate of drug-likeness (QED) is 0.835. The summed E-state index contributed by atoms with van der Waals surface area (Å²) in [6.07, 6.45) is 1.17. The zero-order valence-electron chi connectivity index (χ0n) is 12.3. The van der Waals surface area contributed by atoms with E-state index >= 15 is 0 Å². The van der Waals surface area contributed by atoms with Gasteiger partial charge in [0.2, 0.25) is 5.91 Å². The van der Waals surface area contributed by atoms with Crippen LogP contribution < -0.4 is 5.32 Å². The number of nitrogens with one attached hydrogen (secondary N) is 1. The van der Waals surface area contributed by atoms with Crippen molar-refractivity contribution in [2.45, 2.75) is 39.7 Å². The number of hydrogen-bond acceptors (Lipinski definition) is 3. The minimum absolute atomic E-state index is 0.0286. The van der Waals surface area contributed by atoms with Crippen LogP contribution in [0.15, 0.2) is 0 Å². The van der Waals surface area contributed by atoms with Crippen LogP contribution in [-0.4, -0.2) is 32.8 Å². The summed E-state index contributed by atoms with van der Waals surface area (Å²) in [6.45, 7) is 5.89. The number of carbonyl (C=O) groups is 2. The highest BCUT2D eigenvalue weighted by molar-refractivity contribution is 5.89. The van der Waals surface area contributed by atoms with Gasteiger partial charge in [-0.25, -0.2) is 0 Å². The van der Waals surface area contributed by atoms with Gasteiger partial charge in [-0.1, -0.05) is 0 Å². The van der Waals surface area contributed by atoms with Gasteiger partial charge in [0, 0.05) is 18.8 Å². The summed E-state index contributed by atoms with van der Waals surface area (Å²) >= 11 is 0. The normalized spacial score (nSPS) is 22.4. The lowest BCUT2D eigenvalue weighted by Crippen LogP contribution is -2.36. The molecule has 0 saturated heterocycles. The Hall–Kier alpha value is -1.85. The molecule has 3 atom stereocenters. The van der Waals surface area contributed by atoms with Gasteiger partial charge in [0.25, 0.3) is 0 Å². The molecule has 1 saturated carbocycles. The molecule has 3 unspecified atom stereocenters. The van der Waals surface area contributed by atoms with Crippen molar-refractivity contribution in [2.75, 3.05) is 0 Å². The summed E-state index contributed by atoms with van der Waals surface area (Å²) in [5, 5.41) is 16.1. The molecule has 1 aromatic rings. The van der Waals surface area contributed by atoms with Gasteiger partial charge in [0.15, 0.2) is 0 Å². The predicted octanol–water partition coefficient (Wildman–Crippen LogP) is 0.805. The van der Waals surface area contributed by atoms with Gasteiger partial charge in [0.1, 0.15) is 0 Å². The molecule has 1 aliphatic carbocycles. The second-order valence-corrected chi connectivity index (χ2v) is 5.67. The highest BCUT2D eigenvalue weighted by atomic mass is 16.4. The molecule has 20 heavy (non-hydrogen) atoms. The molecule has 0 spiro atoms. The van der Waals surface area contributed by atoms with E-state index in [1.165, 1.54) is 0 Å². The average molecular weight is 279 g/mol. The van der Waals surface area contributed by atoms with E-state index in [2.05, 4.69) is 10.4 Å². The fraction of sp³-hybridized carbons (Fsp3) is 0.643. The second kappa shape index (κ2) is 5.26. The van der Waals surface area contributed by atoms with Gasteiger partial charge in [-0.2, -0.15) is 5.10 Å². The van der Waals surface area contributed by atoms with Crippen LogP contribution in [0.4, 0.5) is 0 Å². The Morgan fingerprint density at radius 3 is 2.55 bits per heavy atom. The number of aromatic nitrogens is 2. The second-order valence-electron chi connectivity index (χ2n) is 5.67. The smallest absolute Gasteiger partial charge is 0.307 e. The molecular weight excluding hydrogens is 258 g/mol. The maximum Gasteiger partial charge on any atom is 0.307 e. The minimum atomic E-state index is -0.878. The first-order valence-electron chi connectivity index (χ1n) is 6.83. The minimum Gasteiger partial charge on any atom is -0.481 e. The zero-order chi connectivity index (χ0) is 15.0. The summed E-state index contributed by atoms with van der Waals surface area (Å²) in [6, 6.07) is -0.0286. The van der Waals surface area contributed by atoms with E-state index in [1.54, 1.807) is 0 Å². The molecule has 2 rings (SSSR count). The molecule has 2 N–H and O–H groups in total. The molecule has 0 aliphatic heterocycles. The van der Waals surface area contributed by atoms with E-state index in [9.17, 15) is 9.59 Å². The van der Waals surface area contributed by atoms with Crippen molar-refractivity contribution in [3.63, 3.8) is 0 Å². The lowest BCUT2D eigenvalue weighted by molar-refractivity contribution is -0.140. The van der Waals surface area contributed by atoms with Crippen molar-refractivity contribution in [2.24, 2.45) is 18.9 Å². The van der Waals surface area contributed by atoms with E-state index in [0.717, 1.165) is 17.0 Å². The van der Waals surface area contributed by atoms with Crippen molar-refractivity contribution >= 4 is 11.9 Å².